The van der Waals surface area contributed by atoms with E-state index in [-0.39, 0.29) is 5.82 Å². The summed E-state index contributed by atoms with van der Waals surface area (Å²) in [7, 11) is 0. The largest absolute Gasteiger partial charge is 0.363 e. The molecule has 0 saturated heterocycles. The van der Waals surface area contributed by atoms with Gasteiger partial charge in [-0.3, -0.25) is 4.79 Å². The Hall–Kier alpha value is -2.10. The van der Waals surface area contributed by atoms with Gasteiger partial charge in [-0.05, 0) is 43.5 Å². The monoisotopic (exact) mass is 229 g/mol. The summed E-state index contributed by atoms with van der Waals surface area (Å²) in [5.74, 6) is -0.352. The van der Waals surface area contributed by atoms with Crippen molar-refractivity contribution < 1.29 is 4.79 Å². The van der Waals surface area contributed by atoms with Crippen LogP contribution in [0.3, 0.4) is 0 Å². The zero-order valence-electron chi connectivity index (χ0n) is 10.2. The van der Waals surface area contributed by atoms with E-state index in [1.54, 1.807) is 6.20 Å². The summed E-state index contributed by atoms with van der Waals surface area (Å²) >= 11 is 0. The summed E-state index contributed by atoms with van der Waals surface area (Å²) in [6, 6.07) is 4.21. The highest BCUT2D eigenvalue weighted by Crippen LogP contribution is 2.24. The van der Waals surface area contributed by atoms with Gasteiger partial charge >= 0.3 is 0 Å². The fraction of sp³-hybridized carbons (Fsp3) is 0.231. The molecule has 0 aliphatic rings. The van der Waals surface area contributed by atoms with Gasteiger partial charge in [-0.2, -0.15) is 0 Å². The lowest BCUT2D eigenvalue weighted by molar-refractivity contribution is 0.0991. The third kappa shape index (κ3) is 2.06. The molecule has 2 aromatic rings. The Morgan fingerprint density at radius 2 is 1.82 bits per heavy atom. The molecule has 0 spiro atoms. The normalized spacial score (nSPS) is 10.5. The number of carbonyl (C=O) groups is 1. The highest BCUT2D eigenvalue weighted by Gasteiger charge is 2.10. The van der Waals surface area contributed by atoms with Crippen LogP contribution in [-0.4, -0.2) is 15.9 Å². The Morgan fingerprint density at radius 3 is 2.41 bits per heavy atom. The van der Waals surface area contributed by atoms with Crippen molar-refractivity contribution in [2.24, 2.45) is 5.73 Å². The molecule has 0 unspecified atom stereocenters. The van der Waals surface area contributed by atoms with Crippen molar-refractivity contribution in [3.63, 3.8) is 0 Å². The Morgan fingerprint density at radius 1 is 1.18 bits per heavy atom. The Balaban J connectivity index is 2.52. The number of aromatic amines is 1. The van der Waals surface area contributed by atoms with Crippen molar-refractivity contribution in [3.05, 3.63) is 40.8 Å². The number of aryl methyl sites for hydroxylation is 3. The number of primary amides is 1. The van der Waals surface area contributed by atoms with Crippen LogP contribution in [-0.2, 0) is 0 Å². The van der Waals surface area contributed by atoms with Crippen LogP contribution < -0.4 is 5.73 Å². The number of hydrogen-bond acceptors (Lipinski definition) is 2. The predicted molar refractivity (Wildman–Crippen MR) is 66.8 cm³/mol. The molecule has 0 atom stereocenters. The lowest BCUT2D eigenvalue weighted by atomic mass is 9.99. The SMILES string of the molecule is Cc1cc(C)c(-c2cnc(C(N)=O)[nH]2)cc1C. The van der Waals surface area contributed by atoms with Gasteiger partial charge in [-0.25, -0.2) is 4.98 Å². The number of nitrogens with two attached hydrogens (primary N) is 1. The average Bonchev–Trinajstić information content (AvgIpc) is 2.72. The fourth-order valence-corrected chi connectivity index (χ4v) is 1.83. The number of nitrogens with zero attached hydrogens (tertiary/aromatic N) is 1. The number of hydrogen-bond donors (Lipinski definition) is 2. The van der Waals surface area contributed by atoms with Crippen molar-refractivity contribution in [2.45, 2.75) is 20.8 Å². The van der Waals surface area contributed by atoms with Crippen LogP contribution in [0.25, 0.3) is 11.3 Å². The van der Waals surface area contributed by atoms with Crippen LogP contribution in [0.2, 0.25) is 0 Å². The van der Waals surface area contributed by atoms with E-state index in [0.29, 0.717) is 0 Å². The van der Waals surface area contributed by atoms with E-state index < -0.39 is 5.91 Å². The molecular formula is C13H15N3O. The summed E-state index contributed by atoms with van der Waals surface area (Å²) in [6.07, 6.45) is 1.64. The van der Waals surface area contributed by atoms with Crippen molar-refractivity contribution in [2.75, 3.05) is 0 Å². The van der Waals surface area contributed by atoms with Crippen molar-refractivity contribution in [3.8, 4) is 11.3 Å². The maximum atomic E-state index is 11.0. The molecular weight excluding hydrogens is 214 g/mol. The first kappa shape index (κ1) is 11.4. The number of aromatic nitrogens is 2. The van der Waals surface area contributed by atoms with Gasteiger partial charge in [-0.15, -0.1) is 0 Å². The van der Waals surface area contributed by atoms with Crippen LogP contribution in [0.15, 0.2) is 18.3 Å². The number of imidazole rings is 1. The fourth-order valence-electron chi connectivity index (χ4n) is 1.83. The number of carbonyl (C=O) groups excluding carboxylic acids is 1. The Labute approximate surface area is 99.9 Å². The van der Waals surface area contributed by atoms with Gasteiger partial charge < -0.3 is 10.7 Å². The maximum Gasteiger partial charge on any atom is 0.284 e. The maximum absolute atomic E-state index is 11.0. The van der Waals surface area contributed by atoms with E-state index in [0.717, 1.165) is 16.8 Å². The number of H-pyrrole nitrogens is 1. The molecule has 17 heavy (non-hydrogen) atoms. The third-order valence-electron chi connectivity index (χ3n) is 2.94. The van der Waals surface area contributed by atoms with E-state index in [4.69, 9.17) is 5.73 Å². The highest BCUT2D eigenvalue weighted by molar-refractivity contribution is 5.89. The molecule has 4 heteroatoms. The lowest BCUT2D eigenvalue weighted by Gasteiger charge is -2.07. The van der Waals surface area contributed by atoms with Crippen LogP contribution in [0, 0.1) is 20.8 Å². The first-order chi connectivity index (χ1) is 7.99. The van der Waals surface area contributed by atoms with E-state index in [1.807, 2.05) is 6.92 Å². The first-order valence-electron chi connectivity index (χ1n) is 5.42. The summed E-state index contributed by atoms with van der Waals surface area (Å²) in [5, 5.41) is 0. The van der Waals surface area contributed by atoms with Gasteiger partial charge in [0.15, 0.2) is 5.82 Å². The van der Waals surface area contributed by atoms with E-state index in [1.165, 1.54) is 11.1 Å². The highest BCUT2D eigenvalue weighted by atomic mass is 16.1. The summed E-state index contributed by atoms with van der Waals surface area (Å²) < 4.78 is 0. The smallest absolute Gasteiger partial charge is 0.284 e. The second kappa shape index (κ2) is 4.05. The number of rotatable bonds is 2. The van der Waals surface area contributed by atoms with Gasteiger partial charge in [0, 0.05) is 5.56 Å². The topological polar surface area (TPSA) is 71.8 Å². The van der Waals surface area contributed by atoms with E-state index in [9.17, 15) is 4.79 Å². The van der Waals surface area contributed by atoms with Gasteiger partial charge in [0.25, 0.3) is 5.91 Å². The molecule has 0 aliphatic carbocycles. The molecule has 0 fully saturated rings. The second-order valence-corrected chi connectivity index (χ2v) is 4.26. The predicted octanol–water partition coefficient (Wildman–Crippen LogP) is 2.10. The third-order valence-corrected chi connectivity index (χ3v) is 2.94. The standard InChI is InChI=1S/C13H15N3O/c1-7-4-9(3)10(5-8(7)2)11-6-15-13(16-11)12(14)17/h4-6H,1-3H3,(H2,14,17)(H,15,16). The number of nitrogens with one attached hydrogen (secondary N) is 1. The second-order valence-electron chi connectivity index (χ2n) is 4.26. The molecule has 1 aromatic carbocycles. The van der Waals surface area contributed by atoms with E-state index >= 15 is 0 Å². The minimum atomic E-state index is -0.544. The molecule has 0 bridgehead atoms. The minimum Gasteiger partial charge on any atom is -0.363 e. The summed E-state index contributed by atoms with van der Waals surface area (Å²) in [4.78, 5) is 17.9. The molecule has 1 aromatic heterocycles. The van der Waals surface area contributed by atoms with Gasteiger partial charge in [-0.1, -0.05) is 6.07 Å². The zero-order chi connectivity index (χ0) is 12.6. The quantitative estimate of drug-likeness (QED) is 0.827. The first-order valence-corrected chi connectivity index (χ1v) is 5.42. The molecule has 0 radical (unpaired) electrons. The van der Waals surface area contributed by atoms with E-state index in [2.05, 4.69) is 35.9 Å². The lowest BCUT2D eigenvalue weighted by Crippen LogP contribution is -2.12. The molecule has 88 valence electrons. The Kier molecular flexibility index (Phi) is 2.71. The average molecular weight is 229 g/mol. The van der Waals surface area contributed by atoms with Gasteiger partial charge in [0.1, 0.15) is 0 Å². The van der Waals surface area contributed by atoms with Crippen molar-refractivity contribution in [1.82, 2.24) is 9.97 Å². The number of amides is 1. The molecule has 0 saturated carbocycles. The van der Waals surface area contributed by atoms with Gasteiger partial charge in [0.05, 0.1) is 11.9 Å². The van der Waals surface area contributed by atoms with Crippen molar-refractivity contribution in [1.29, 1.82) is 0 Å². The molecule has 3 N–H and O–H groups in total. The zero-order valence-corrected chi connectivity index (χ0v) is 10.2. The minimum absolute atomic E-state index is 0.192. The summed E-state index contributed by atoms with van der Waals surface area (Å²) in [6.45, 7) is 6.17. The Bertz CT molecular complexity index is 584. The number of benzene rings is 1. The van der Waals surface area contributed by atoms with Crippen molar-refractivity contribution >= 4 is 5.91 Å². The van der Waals surface area contributed by atoms with Crippen LogP contribution in [0.5, 0.6) is 0 Å². The summed E-state index contributed by atoms with van der Waals surface area (Å²) in [5.41, 5.74) is 10.6. The molecule has 0 aliphatic heterocycles. The van der Waals surface area contributed by atoms with Crippen LogP contribution in [0.4, 0.5) is 0 Å². The molecule has 4 nitrogen and oxygen atoms in total. The van der Waals surface area contributed by atoms with Crippen LogP contribution in [0.1, 0.15) is 27.3 Å². The van der Waals surface area contributed by atoms with Crippen LogP contribution >= 0.6 is 0 Å². The molecule has 2 rings (SSSR count). The van der Waals surface area contributed by atoms with Gasteiger partial charge in [0.2, 0.25) is 0 Å². The molecule has 1 amide bonds. The molecule has 1 heterocycles.